The Morgan fingerprint density at radius 3 is 2.52 bits per heavy atom. The minimum absolute atomic E-state index is 0.0764. The van der Waals surface area contributed by atoms with Gasteiger partial charge in [-0.2, -0.15) is 0 Å². The number of halogens is 1. The maximum Gasteiger partial charge on any atom is 0.255 e. The number of rotatable bonds is 7. The number of amides is 1. The van der Waals surface area contributed by atoms with Gasteiger partial charge >= 0.3 is 0 Å². The van der Waals surface area contributed by atoms with E-state index in [4.69, 9.17) is 16.3 Å². The Morgan fingerprint density at radius 1 is 1.00 bits per heavy atom. The first-order valence-corrected chi connectivity index (χ1v) is 11.8. The Hall–Kier alpha value is -3.08. The SMILES string of the molecule is CC(C)OCCCN1C(=O)c2ccccc2C1c1c(-c2ccc(Cl)cc2)[nH]c2ccccc12. The van der Waals surface area contributed by atoms with Crippen LogP contribution in [0, 0.1) is 0 Å². The Balaban J connectivity index is 1.65. The van der Waals surface area contributed by atoms with Crippen LogP contribution in [0.15, 0.2) is 72.8 Å². The zero-order chi connectivity index (χ0) is 22.9. The maximum absolute atomic E-state index is 13.5. The smallest absolute Gasteiger partial charge is 0.255 e. The van der Waals surface area contributed by atoms with Crippen LogP contribution in [0.25, 0.3) is 22.2 Å². The van der Waals surface area contributed by atoms with Gasteiger partial charge < -0.3 is 14.6 Å². The first-order valence-electron chi connectivity index (χ1n) is 11.4. The van der Waals surface area contributed by atoms with E-state index in [1.54, 1.807) is 0 Å². The molecular formula is C28H27ClN2O2. The van der Waals surface area contributed by atoms with Crippen molar-refractivity contribution in [1.82, 2.24) is 9.88 Å². The Bertz CT molecular complexity index is 1290. The van der Waals surface area contributed by atoms with Gasteiger partial charge in [0, 0.05) is 40.2 Å². The molecule has 1 atom stereocenters. The van der Waals surface area contributed by atoms with Crippen molar-refractivity contribution in [2.45, 2.75) is 32.4 Å². The van der Waals surface area contributed by atoms with E-state index >= 15 is 0 Å². The molecule has 1 N–H and O–H groups in total. The molecule has 3 aromatic carbocycles. The Labute approximate surface area is 199 Å². The molecule has 2 heterocycles. The Morgan fingerprint density at radius 2 is 1.73 bits per heavy atom. The fraction of sp³-hybridized carbons (Fsp3) is 0.250. The van der Waals surface area contributed by atoms with Crippen molar-refractivity contribution in [3.63, 3.8) is 0 Å². The number of aromatic nitrogens is 1. The lowest BCUT2D eigenvalue weighted by Gasteiger charge is -2.27. The molecule has 1 aromatic heterocycles. The maximum atomic E-state index is 13.5. The van der Waals surface area contributed by atoms with E-state index in [9.17, 15) is 4.79 Å². The number of carbonyl (C=O) groups excluding carboxylic acids is 1. The Kier molecular flexibility index (Phi) is 5.96. The van der Waals surface area contributed by atoms with Crippen molar-refractivity contribution in [2.75, 3.05) is 13.2 Å². The second-order valence-electron chi connectivity index (χ2n) is 8.73. The van der Waals surface area contributed by atoms with Crippen LogP contribution in [0.3, 0.4) is 0 Å². The molecule has 1 aliphatic heterocycles. The number of carbonyl (C=O) groups is 1. The first kappa shape index (κ1) is 21.7. The zero-order valence-electron chi connectivity index (χ0n) is 18.8. The van der Waals surface area contributed by atoms with Crippen molar-refractivity contribution < 1.29 is 9.53 Å². The van der Waals surface area contributed by atoms with E-state index in [-0.39, 0.29) is 18.1 Å². The molecule has 0 radical (unpaired) electrons. The summed E-state index contributed by atoms with van der Waals surface area (Å²) < 4.78 is 5.76. The quantitative estimate of drug-likeness (QED) is 0.308. The van der Waals surface area contributed by atoms with Gasteiger partial charge in [-0.05, 0) is 55.7 Å². The number of hydrogen-bond donors (Lipinski definition) is 1. The molecule has 0 aliphatic carbocycles. The third kappa shape index (κ3) is 4.05. The van der Waals surface area contributed by atoms with E-state index in [0.717, 1.165) is 45.3 Å². The molecule has 4 aromatic rings. The normalized spacial score (nSPS) is 15.6. The highest BCUT2D eigenvalue weighted by atomic mass is 35.5. The predicted molar refractivity (Wildman–Crippen MR) is 134 cm³/mol. The summed E-state index contributed by atoms with van der Waals surface area (Å²) in [5.74, 6) is 0.0764. The fourth-order valence-corrected chi connectivity index (χ4v) is 4.88. The molecule has 0 saturated carbocycles. The average molecular weight is 459 g/mol. The monoisotopic (exact) mass is 458 g/mol. The number of H-pyrrole nitrogens is 1. The highest BCUT2D eigenvalue weighted by Crippen LogP contribution is 2.45. The lowest BCUT2D eigenvalue weighted by Crippen LogP contribution is -2.30. The summed E-state index contributed by atoms with van der Waals surface area (Å²) in [6.45, 7) is 5.32. The summed E-state index contributed by atoms with van der Waals surface area (Å²) in [4.78, 5) is 19.1. The summed E-state index contributed by atoms with van der Waals surface area (Å²) in [6.07, 6.45) is 0.963. The zero-order valence-corrected chi connectivity index (χ0v) is 19.6. The van der Waals surface area contributed by atoms with Crippen LogP contribution in [-0.2, 0) is 4.74 Å². The molecule has 0 bridgehead atoms. The van der Waals surface area contributed by atoms with E-state index in [0.29, 0.717) is 18.2 Å². The van der Waals surface area contributed by atoms with Crippen molar-refractivity contribution >= 4 is 28.4 Å². The number of benzene rings is 3. The van der Waals surface area contributed by atoms with Gasteiger partial charge in [0.05, 0.1) is 17.8 Å². The minimum atomic E-state index is -0.172. The van der Waals surface area contributed by atoms with Crippen molar-refractivity contribution in [3.05, 3.63) is 94.5 Å². The van der Waals surface area contributed by atoms with Gasteiger partial charge in [-0.25, -0.2) is 0 Å². The largest absolute Gasteiger partial charge is 0.379 e. The molecule has 5 heteroatoms. The molecule has 1 amide bonds. The van der Waals surface area contributed by atoms with Crippen molar-refractivity contribution in [2.24, 2.45) is 0 Å². The van der Waals surface area contributed by atoms with Crippen LogP contribution < -0.4 is 0 Å². The summed E-state index contributed by atoms with van der Waals surface area (Å²) in [6, 6.07) is 24.0. The number of ether oxygens (including phenoxy) is 1. The number of aromatic amines is 1. The van der Waals surface area contributed by atoms with E-state index in [1.165, 1.54) is 0 Å². The van der Waals surface area contributed by atoms with Gasteiger partial charge in [0.15, 0.2) is 0 Å². The molecular weight excluding hydrogens is 432 g/mol. The second-order valence-corrected chi connectivity index (χ2v) is 9.16. The topological polar surface area (TPSA) is 45.3 Å². The summed E-state index contributed by atoms with van der Waals surface area (Å²) in [7, 11) is 0. The number of para-hydroxylation sites is 1. The predicted octanol–water partition coefficient (Wildman–Crippen LogP) is 6.85. The van der Waals surface area contributed by atoms with E-state index < -0.39 is 0 Å². The van der Waals surface area contributed by atoms with Gasteiger partial charge in [-0.1, -0.05) is 60.1 Å². The lowest BCUT2D eigenvalue weighted by molar-refractivity contribution is 0.0605. The van der Waals surface area contributed by atoms with Crippen molar-refractivity contribution in [3.8, 4) is 11.3 Å². The summed E-state index contributed by atoms with van der Waals surface area (Å²) >= 11 is 6.17. The van der Waals surface area contributed by atoms with Gasteiger partial charge in [0.2, 0.25) is 0 Å². The molecule has 0 saturated heterocycles. The number of fused-ring (bicyclic) bond motifs is 2. The molecule has 33 heavy (non-hydrogen) atoms. The summed E-state index contributed by atoms with van der Waals surface area (Å²) in [5.41, 5.74) is 6.07. The highest BCUT2D eigenvalue weighted by Gasteiger charge is 2.39. The number of nitrogens with one attached hydrogen (secondary N) is 1. The molecule has 5 rings (SSSR count). The first-order chi connectivity index (χ1) is 16.0. The number of hydrogen-bond acceptors (Lipinski definition) is 2. The van der Waals surface area contributed by atoms with E-state index in [2.05, 4.69) is 29.2 Å². The van der Waals surface area contributed by atoms with Crippen LogP contribution in [0.1, 0.15) is 47.8 Å². The van der Waals surface area contributed by atoms with Gasteiger partial charge in [0.25, 0.3) is 5.91 Å². The third-order valence-electron chi connectivity index (χ3n) is 6.21. The fourth-order valence-electron chi connectivity index (χ4n) is 4.76. The average Bonchev–Trinajstić information content (AvgIpc) is 3.32. The lowest BCUT2D eigenvalue weighted by atomic mass is 9.93. The molecule has 1 aliphatic rings. The summed E-state index contributed by atoms with van der Waals surface area (Å²) in [5, 5.41) is 1.82. The number of nitrogens with zero attached hydrogens (tertiary/aromatic N) is 1. The van der Waals surface area contributed by atoms with Crippen LogP contribution in [-0.4, -0.2) is 35.0 Å². The second kappa shape index (κ2) is 9.05. The van der Waals surface area contributed by atoms with Gasteiger partial charge in [0.1, 0.15) is 0 Å². The highest BCUT2D eigenvalue weighted by molar-refractivity contribution is 6.30. The van der Waals surface area contributed by atoms with Gasteiger partial charge in [-0.15, -0.1) is 0 Å². The standard InChI is InChI=1S/C28H27ClN2O2/c1-18(2)33-17-7-16-31-27(21-8-3-4-9-22(21)28(31)32)25-23-10-5-6-11-24(23)30-26(25)19-12-14-20(29)15-13-19/h3-6,8-15,18,27,30H,7,16-17H2,1-2H3. The van der Waals surface area contributed by atoms with Crippen molar-refractivity contribution in [1.29, 1.82) is 0 Å². The molecule has 0 spiro atoms. The van der Waals surface area contributed by atoms with Crippen LogP contribution >= 0.6 is 11.6 Å². The van der Waals surface area contributed by atoms with Crippen LogP contribution in [0.2, 0.25) is 5.02 Å². The molecule has 4 nitrogen and oxygen atoms in total. The van der Waals surface area contributed by atoms with Crippen LogP contribution in [0.5, 0.6) is 0 Å². The van der Waals surface area contributed by atoms with E-state index in [1.807, 2.05) is 67.3 Å². The molecule has 1 unspecified atom stereocenters. The molecule has 168 valence electrons. The van der Waals surface area contributed by atoms with Gasteiger partial charge in [-0.3, -0.25) is 4.79 Å². The van der Waals surface area contributed by atoms with Crippen LogP contribution in [0.4, 0.5) is 0 Å². The molecule has 0 fully saturated rings. The minimum Gasteiger partial charge on any atom is -0.379 e. The third-order valence-corrected chi connectivity index (χ3v) is 6.46.